The summed E-state index contributed by atoms with van der Waals surface area (Å²) in [6, 6.07) is 2.95. The van der Waals surface area contributed by atoms with Crippen LogP contribution < -0.4 is 5.32 Å². The van der Waals surface area contributed by atoms with Crippen molar-refractivity contribution >= 4 is 0 Å². The first-order valence-corrected chi connectivity index (χ1v) is 8.29. The van der Waals surface area contributed by atoms with Crippen LogP contribution in [0.25, 0.3) is 0 Å². The Morgan fingerprint density at radius 2 is 2.19 bits per heavy atom. The lowest BCUT2D eigenvalue weighted by molar-refractivity contribution is 0.246. The number of rotatable bonds is 7. The van der Waals surface area contributed by atoms with E-state index in [0.29, 0.717) is 0 Å². The molecule has 0 spiro atoms. The molecular weight excluding hydrogens is 262 g/mol. The Morgan fingerprint density at radius 3 is 2.86 bits per heavy atom. The van der Waals surface area contributed by atoms with Gasteiger partial charge in [-0.1, -0.05) is 0 Å². The van der Waals surface area contributed by atoms with Gasteiger partial charge in [-0.15, -0.1) is 0 Å². The third-order valence-corrected chi connectivity index (χ3v) is 4.68. The average Bonchev–Trinajstić information content (AvgIpc) is 3.07. The fraction of sp³-hybridized carbons (Fsp3) is 0.765. The summed E-state index contributed by atoms with van der Waals surface area (Å²) in [7, 11) is 4.42. The highest BCUT2D eigenvalue weighted by Gasteiger charge is 2.22. The van der Waals surface area contributed by atoms with Gasteiger partial charge < -0.3 is 14.6 Å². The first-order valence-electron chi connectivity index (χ1n) is 8.29. The number of likely N-dealkylation sites (tertiary alicyclic amines) is 1. The predicted octanol–water partition coefficient (Wildman–Crippen LogP) is 2.22. The van der Waals surface area contributed by atoms with E-state index in [1.165, 1.54) is 44.5 Å². The van der Waals surface area contributed by atoms with E-state index in [4.69, 9.17) is 4.42 Å². The van der Waals surface area contributed by atoms with E-state index in [1.807, 2.05) is 0 Å². The molecule has 118 valence electrons. The average molecular weight is 291 g/mol. The molecule has 1 aromatic rings. The van der Waals surface area contributed by atoms with Crippen LogP contribution in [0.5, 0.6) is 0 Å². The van der Waals surface area contributed by atoms with Gasteiger partial charge in [0.15, 0.2) is 0 Å². The maximum atomic E-state index is 6.03. The lowest BCUT2D eigenvalue weighted by Crippen LogP contribution is -2.26. The summed E-state index contributed by atoms with van der Waals surface area (Å²) < 4.78 is 6.03. The van der Waals surface area contributed by atoms with Gasteiger partial charge in [0.25, 0.3) is 0 Å². The standard InChI is InChI=1S/C17H29N3O/c1-13-8-16(21-17(13)9-18-15-4-5-15)12-20(3)11-14-6-7-19(2)10-14/h8,14-15,18H,4-7,9-12H2,1-3H3. The van der Waals surface area contributed by atoms with Crippen LogP contribution in [-0.4, -0.2) is 49.6 Å². The highest BCUT2D eigenvalue weighted by atomic mass is 16.3. The molecule has 0 bridgehead atoms. The predicted molar refractivity (Wildman–Crippen MR) is 85.2 cm³/mol. The van der Waals surface area contributed by atoms with Gasteiger partial charge in [0.1, 0.15) is 11.5 Å². The number of nitrogens with one attached hydrogen (secondary N) is 1. The summed E-state index contributed by atoms with van der Waals surface area (Å²) >= 11 is 0. The maximum Gasteiger partial charge on any atom is 0.120 e. The van der Waals surface area contributed by atoms with Gasteiger partial charge in [-0.3, -0.25) is 4.90 Å². The summed E-state index contributed by atoms with van der Waals surface area (Å²) in [6.07, 6.45) is 3.98. The molecule has 1 saturated heterocycles. The summed E-state index contributed by atoms with van der Waals surface area (Å²) in [5.41, 5.74) is 1.28. The first-order chi connectivity index (χ1) is 10.1. The van der Waals surface area contributed by atoms with Crippen LogP contribution in [0.2, 0.25) is 0 Å². The van der Waals surface area contributed by atoms with Gasteiger partial charge in [-0.25, -0.2) is 0 Å². The lowest BCUT2D eigenvalue weighted by atomic mass is 10.1. The van der Waals surface area contributed by atoms with Crippen molar-refractivity contribution in [2.45, 2.75) is 45.3 Å². The number of aryl methyl sites for hydroxylation is 1. The number of nitrogens with zero attached hydrogens (tertiary/aromatic N) is 2. The summed E-state index contributed by atoms with van der Waals surface area (Å²) in [5, 5.41) is 3.53. The van der Waals surface area contributed by atoms with Crippen LogP contribution >= 0.6 is 0 Å². The minimum absolute atomic E-state index is 0.736. The van der Waals surface area contributed by atoms with Gasteiger partial charge in [0.05, 0.1) is 13.1 Å². The fourth-order valence-corrected chi connectivity index (χ4v) is 3.31. The van der Waals surface area contributed by atoms with E-state index in [9.17, 15) is 0 Å². The highest BCUT2D eigenvalue weighted by molar-refractivity contribution is 5.20. The molecule has 3 rings (SSSR count). The van der Waals surface area contributed by atoms with E-state index in [0.717, 1.165) is 36.6 Å². The van der Waals surface area contributed by atoms with Crippen molar-refractivity contribution in [3.05, 3.63) is 23.2 Å². The second-order valence-corrected chi connectivity index (χ2v) is 7.09. The molecule has 1 atom stereocenters. The Hall–Kier alpha value is -0.840. The molecule has 1 saturated carbocycles. The van der Waals surface area contributed by atoms with Crippen LogP contribution in [0, 0.1) is 12.8 Å². The smallest absolute Gasteiger partial charge is 0.120 e. The second-order valence-electron chi connectivity index (χ2n) is 7.09. The van der Waals surface area contributed by atoms with Gasteiger partial charge in [-0.2, -0.15) is 0 Å². The van der Waals surface area contributed by atoms with E-state index in [2.05, 4.69) is 42.2 Å². The van der Waals surface area contributed by atoms with Crippen molar-refractivity contribution in [3.63, 3.8) is 0 Å². The zero-order valence-electron chi connectivity index (χ0n) is 13.7. The van der Waals surface area contributed by atoms with Crippen LogP contribution in [0.3, 0.4) is 0 Å². The lowest BCUT2D eigenvalue weighted by Gasteiger charge is -2.19. The molecule has 2 heterocycles. The van der Waals surface area contributed by atoms with E-state index in [-0.39, 0.29) is 0 Å². The van der Waals surface area contributed by atoms with E-state index < -0.39 is 0 Å². The molecule has 0 radical (unpaired) electrons. The third-order valence-electron chi connectivity index (χ3n) is 4.68. The van der Waals surface area contributed by atoms with Crippen molar-refractivity contribution in [2.24, 2.45) is 5.92 Å². The molecule has 1 aromatic heterocycles. The summed E-state index contributed by atoms with van der Waals surface area (Å²) in [5.74, 6) is 3.03. The second kappa shape index (κ2) is 6.51. The Morgan fingerprint density at radius 1 is 1.38 bits per heavy atom. The molecule has 21 heavy (non-hydrogen) atoms. The van der Waals surface area contributed by atoms with Crippen molar-refractivity contribution in [2.75, 3.05) is 33.7 Å². The molecule has 0 aromatic carbocycles. The highest BCUT2D eigenvalue weighted by Crippen LogP contribution is 2.22. The van der Waals surface area contributed by atoms with Crippen molar-refractivity contribution < 1.29 is 4.42 Å². The Labute approximate surface area is 128 Å². The number of hydrogen-bond donors (Lipinski definition) is 1. The summed E-state index contributed by atoms with van der Waals surface area (Å²) in [6.45, 7) is 7.61. The molecule has 1 unspecified atom stereocenters. The number of hydrogen-bond acceptors (Lipinski definition) is 4. The zero-order valence-corrected chi connectivity index (χ0v) is 13.7. The van der Waals surface area contributed by atoms with Gasteiger partial charge >= 0.3 is 0 Å². The zero-order chi connectivity index (χ0) is 14.8. The van der Waals surface area contributed by atoms with Crippen molar-refractivity contribution in [1.82, 2.24) is 15.1 Å². The quantitative estimate of drug-likeness (QED) is 0.835. The Kier molecular flexibility index (Phi) is 4.67. The molecule has 1 N–H and O–H groups in total. The van der Waals surface area contributed by atoms with Crippen molar-refractivity contribution in [1.29, 1.82) is 0 Å². The van der Waals surface area contributed by atoms with E-state index in [1.54, 1.807) is 0 Å². The minimum Gasteiger partial charge on any atom is -0.463 e. The van der Waals surface area contributed by atoms with Crippen LogP contribution in [-0.2, 0) is 13.1 Å². The molecule has 2 fully saturated rings. The minimum atomic E-state index is 0.736. The maximum absolute atomic E-state index is 6.03. The molecule has 1 aliphatic heterocycles. The van der Waals surface area contributed by atoms with Gasteiger partial charge in [0, 0.05) is 19.1 Å². The van der Waals surface area contributed by atoms with E-state index >= 15 is 0 Å². The first kappa shape index (κ1) is 15.1. The van der Waals surface area contributed by atoms with Gasteiger partial charge in [-0.05, 0) is 64.4 Å². The molecule has 2 aliphatic rings. The third kappa shape index (κ3) is 4.31. The Balaban J connectivity index is 1.48. The monoisotopic (exact) mass is 291 g/mol. The Bertz CT molecular complexity index is 467. The van der Waals surface area contributed by atoms with Crippen molar-refractivity contribution in [3.8, 4) is 0 Å². The largest absolute Gasteiger partial charge is 0.463 e. The summed E-state index contributed by atoms with van der Waals surface area (Å²) in [4.78, 5) is 4.83. The van der Waals surface area contributed by atoms with Crippen LogP contribution in [0.1, 0.15) is 36.3 Å². The number of furan rings is 1. The topological polar surface area (TPSA) is 31.6 Å². The van der Waals surface area contributed by atoms with Gasteiger partial charge in [0.2, 0.25) is 0 Å². The normalized spacial score (nSPS) is 23.3. The molecular formula is C17H29N3O. The van der Waals surface area contributed by atoms with Crippen LogP contribution in [0.4, 0.5) is 0 Å². The SMILES string of the molecule is Cc1cc(CN(C)CC2CCN(C)C2)oc1CNC1CC1. The molecule has 0 amide bonds. The fourth-order valence-electron chi connectivity index (χ4n) is 3.31. The molecule has 4 heteroatoms. The molecule has 4 nitrogen and oxygen atoms in total. The van der Waals surface area contributed by atoms with Crippen LogP contribution in [0.15, 0.2) is 10.5 Å². The molecule has 1 aliphatic carbocycles.